The summed E-state index contributed by atoms with van der Waals surface area (Å²) in [5.41, 5.74) is 0.510. The van der Waals surface area contributed by atoms with Gasteiger partial charge >= 0.3 is 0 Å². The fraction of sp³-hybridized carbons (Fsp3) is 0.350. The van der Waals surface area contributed by atoms with Crippen molar-refractivity contribution in [3.8, 4) is 0 Å². The summed E-state index contributed by atoms with van der Waals surface area (Å²) in [6.07, 6.45) is 0. The van der Waals surface area contributed by atoms with E-state index in [-0.39, 0.29) is 28.9 Å². The summed E-state index contributed by atoms with van der Waals surface area (Å²) in [7, 11) is -3.70. The SMILES string of the molecule is CC(C(=O)Nc1ccc(SC(F)F)cc1)N1CCN(S(=O)(=O)c2ccccc2Cl)CC1. The second-order valence-corrected chi connectivity index (χ2v) is 10.3. The average Bonchev–Trinajstić information content (AvgIpc) is 2.74. The number of halogens is 3. The van der Waals surface area contributed by atoms with Crippen LogP contribution in [-0.2, 0) is 14.8 Å². The van der Waals surface area contributed by atoms with Crippen LogP contribution in [-0.4, -0.2) is 61.5 Å². The summed E-state index contributed by atoms with van der Waals surface area (Å²) in [5, 5.41) is 2.94. The molecule has 1 saturated heterocycles. The highest BCUT2D eigenvalue weighted by Gasteiger charge is 2.32. The zero-order valence-electron chi connectivity index (χ0n) is 16.7. The van der Waals surface area contributed by atoms with Gasteiger partial charge in [0.15, 0.2) is 0 Å². The third-order valence-corrected chi connectivity index (χ3v) is 8.12. The van der Waals surface area contributed by atoms with Crippen LogP contribution in [0.15, 0.2) is 58.3 Å². The van der Waals surface area contributed by atoms with Gasteiger partial charge in [0.2, 0.25) is 15.9 Å². The molecule has 1 fully saturated rings. The maximum atomic E-state index is 12.8. The normalized spacial score (nSPS) is 16.9. The topological polar surface area (TPSA) is 69.7 Å². The van der Waals surface area contributed by atoms with Crippen molar-refractivity contribution >= 4 is 45.0 Å². The molecule has 3 rings (SSSR count). The predicted molar refractivity (Wildman–Crippen MR) is 118 cm³/mol. The minimum Gasteiger partial charge on any atom is -0.325 e. The molecular formula is C20H22ClF2N3O3S2. The molecule has 6 nitrogen and oxygen atoms in total. The Labute approximate surface area is 189 Å². The Kier molecular flexibility index (Phi) is 7.92. The number of rotatable bonds is 7. The van der Waals surface area contributed by atoms with Crippen LogP contribution >= 0.6 is 23.4 Å². The molecule has 11 heteroatoms. The molecule has 31 heavy (non-hydrogen) atoms. The Bertz CT molecular complexity index is 1010. The van der Waals surface area contributed by atoms with Gasteiger partial charge in [0.25, 0.3) is 5.76 Å². The Morgan fingerprint density at radius 1 is 1.06 bits per heavy atom. The minimum atomic E-state index is -3.70. The molecule has 0 spiro atoms. The molecule has 168 valence electrons. The molecule has 1 aliphatic heterocycles. The van der Waals surface area contributed by atoms with Gasteiger partial charge in [-0.05, 0) is 43.3 Å². The molecule has 1 heterocycles. The maximum absolute atomic E-state index is 12.8. The van der Waals surface area contributed by atoms with Crippen LogP contribution in [0.2, 0.25) is 5.02 Å². The highest BCUT2D eigenvalue weighted by molar-refractivity contribution is 7.99. The van der Waals surface area contributed by atoms with E-state index in [2.05, 4.69) is 5.32 Å². The lowest BCUT2D eigenvalue weighted by Gasteiger charge is -2.36. The summed E-state index contributed by atoms with van der Waals surface area (Å²) in [4.78, 5) is 15.0. The highest BCUT2D eigenvalue weighted by atomic mass is 35.5. The first-order valence-electron chi connectivity index (χ1n) is 9.53. The van der Waals surface area contributed by atoms with E-state index in [0.29, 0.717) is 35.4 Å². The third kappa shape index (κ3) is 5.95. The van der Waals surface area contributed by atoms with Crippen molar-refractivity contribution in [3.63, 3.8) is 0 Å². The number of sulfonamides is 1. The molecular weight excluding hydrogens is 468 g/mol. The van der Waals surface area contributed by atoms with Crippen LogP contribution in [0.25, 0.3) is 0 Å². The van der Waals surface area contributed by atoms with Crippen molar-refractivity contribution in [1.29, 1.82) is 0 Å². The number of amides is 1. The van der Waals surface area contributed by atoms with E-state index in [0.717, 1.165) is 0 Å². The van der Waals surface area contributed by atoms with Gasteiger partial charge in [0.1, 0.15) is 4.90 Å². The summed E-state index contributed by atoms with van der Waals surface area (Å²) in [6.45, 7) is 3.01. The van der Waals surface area contributed by atoms with Crippen LogP contribution in [0, 0.1) is 0 Å². The molecule has 0 aliphatic carbocycles. The van der Waals surface area contributed by atoms with Crippen LogP contribution in [0.4, 0.5) is 14.5 Å². The van der Waals surface area contributed by atoms with E-state index in [4.69, 9.17) is 11.6 Å². The zero-order valence-corrected chi connectivity index (χ0v) is 19.1. The second kappa shape index (κ2) is 10.3. The lowest BCUT2D eigenvalue weighted by Crippen LogP contribution is -2.53. The van der Waals surface area contributed by atoms with Crippen molar-refractivity contribution in [2.45, 2.75) is 28.5 Å². The fourth-order valence-corrected chi connectivity index (χ4v) is 5.67. The first kappa shape index (κ1) is 23.9. The molecule has 0 saturated carbocycles. The van der Waals surface area contributed by atoms with Crippen molar-refractivity contribution in [2.24, 2.45) is 0 Å². The largest absolute Gasteiger partial charge is 0.325 e. The van der Waals surface area contributed by atoms with E-state index in [1.807, 2.05) is 4.90 Å². The summed E-state index contributed by atoms with van der Waals surface area (Å²) < 4.78 is 51.9. The summed E-state index contributed by atoms with van der Waals surface area (Å²) in [6, 6.07) is 12.0. The van der Waals surface area contributed by atoms with Crippen molar-refractivity contribution in [3.05, 3.63) is 53.6 Å². The molecule has 2 aromatic rings. The standard InChI is InChI=1S/C20H22ClF2N3O3S2/c1-14(19(27)24-15-6-8-16(9-7-15)30-20(22)23)25-10-12-26(13-11-25)31(28,29)18-5-3-2-4-17(18)21/h2-9,14,20H,10-13H2,1H3,(H,24,27). The Morgan fingerprint density at radius 2 is 1.68 bits per heavy atom. The summed E-state index contributed by atoms with van der Waals surface area (Å²) >= 11 is 6.49. The van der Waals surface area contributed by atoms with E-state index in [1.54, 1.807) is 31.2 Å². The Balaban J connectivity index is 1.56. The van der Waals surface area contributed by atoms with Gasteiger partial charge < -0.3 is 5.32 Å². The molecule has 1 unspecified atom stereocenters. The smallest absolute Gasteiger partial charge is 0.288 e. The highest BCUT2D eigenvalue weighted by Crippen LogP contribution is 2.27. The monoisotopic (exact) mass is 489 g/mol. The van der Waals surface area contributed by atoms with Crippen LogP contribution in [0.5, 0.6) is 0 Å². The molecule has 1 N–H and O–H groups in total. The second-order valence-electron chi connectivity index (χ2n) is 6.94. The number of hydrogen-bond donors (Lipinski definition) is 1. The number of benzene rings is 2. The van der Waals surface area contributed by atoms with Gasteiger partial charge in [0, 0.05) is 36.8 Å². The summed E-state index contributed by atoms with van der Waals surface area (Å²) in [5.74, 6) is -2.75. The first-order chi connectivity index (χ1) is 14.7. The number of anilines is 1. The van der Waals surface area contributed by atoms with Crippen LogP contribution in [0.3, 0.4) is 0 Å². The number of nitrogens with one attached hydrogen (secondary N) is 1. The Morgan fingerprint density at radius 3 is 2.26 bits per heavy atom. The van der Waals surface area contributed by atoms with Gasteiger partial charge in [-0.1, -0.05) is 35.5 Å². The number of nitrogens with zero attached hydrogens (tertiary/aromatic N) is 2. The van der Waals surface area contributed by atoms with Crippen LogP contribution < -0.4 is 5.32 Å². The molecule has 0 radical (unpaired) electrons. The molecule has 1 atom stereocenters. The van der Waals surface area contributed by atoms with Crippen molar-refractivity contribution < 1.29 is 22.0 Å². The van der Waals surface area contributed by atoms with E-state index in [1.165, 1.54) is 28.6 Å². The Hall–Kier alpha value is -1.72. The van der Waals surface area contributed by atoms with Gasteiger partial charge in [-0.3, -0.25) is 9.69 Å². The van der Waals surface area contributed by atoms with Gasteiger partial charge in [-0.25, -0.2) is 8.42 Å². The van der Waals surface area contributed by atoms with Crippen LogP contribution in [0.1, 0.15) is 6.92 Å². The van der Waals surface area contributed by atoms with E-state index < -0.39 is 21.8 Å². The number of piperazine rings is 1. The number of carbonyl (C=O) groups is 1. The fourth-order valence-electron chi connectivity index (χ4n) is 3.26. The number of hydrogen-bond acceptors (Lipinski definition) is 5. The van der Waals surface area contributed by atoms with E-state index >= 15 is 0 Å². The maximum Gasteiger partial charge on any atom is 0.288 e. The minimum absolute atomic E-state index is 0.0735. The number of thioether (sulfide) groups is 1. The number of carbonyl (C=O) groups excluding carboxylic acids is 1. The molecule has 0 aromatic heterocycles. The lowest BCUT2D eigenvalue weighted by molar-refractivity contribution is -0.121. The lowest BCUT2D eigenvalue weighted by atomic mass is 10.2. The average molecular weight is 490 g/mol. The third-order valence-electron chi connectivity index (χ3n) is 5.00. The predicted octanol–water partition coefficient (Wildman–Crippen LogP) is 3.99. The van der Waals surface area contributed by atoms with Gasteiger partial charge in [0.05, 0.1) is 11.1 Å². The van der Waals surface area contributed by atoms with Crippen molar-refractivity contribution in [1.82, 2.24) is 9.21 Å². The zero-order chi connectivity index (χ0) is 22.6. The molecule has 2 aromatic carbocycles. The van der Waals surface area contributed by atoms with E-state index in [9.17, 15) is 22.0 Å². The number of alkyl halides is 2. The first-order valence-corrected chi connectivity index (χ1v) is 12.2. The van der Waals surface area contributed by atoms with Gasteiger partial charge in [-0.2, -0.15) is 13.1 Å². The van der Waals surface area contributed by atoms with Gasteiger partial charge in [-0.15, -0.1) is 0 Å². The molecule has 1 aliphatic rings. The quantitative estimate of drug-likeness (QED) is 0.595. The molecule has 1 amide bonds. The molecule has 0 bridgehead atoms. The van der Waals surface area contributed by atoms with Crippen molar-refractivity contribution in [2.75, 3.05) is 31.5 Å².